The standard InChI is InChI=1S/C18H27NO2/c1-7-19(15-11-9-8-10-13(15)2)12-14-16(20)18(5,6)21-17(14,3)4/h8-11,14H,7,12H2,1-6H3. The third-order valence-electron chi connectivity index (χ3n) is 4.51. The van der Waals surface area contributed by atoms with Crippen LogP contribution in [0, 0.1) is 12.8 Å². The Morgan fingerprint density at radius 1 is 1.19 bits per heavy atom. The van der Waals surface area contributed by atoms with Crippen LogP contribution in [0.3, 0.4) is 0 Å². The van der Waals surface area contributed by atoms with Gasteiger partial charge in [-0.1, -0.05) is 18.2 Å². The second kappa shape index (κ2) is 5.45. The van der Waals surface area contributed by atoms with Crippen molar-refractivity contribution in [2.75, 3.05) is 18.0 Å². The Bertz CT molecular complexity index is 534. The molecule has 0 radical (unpaired) electrons. The van der Waals surface area contributed by atoms with Gasteiger partial charge in [0.05, 0.1) is 11.5 Å². The van der Waals surface area contributed by atoms with E-state index in [4.69, 9.17) is 4.74 Å². The molecule has 0 aliphatic carbocycles. The van der Waals surface area contributed by atoms with E-state index in [1.807, 2.05) is 39.8 Å². The summed E-state index contributed by atoms with van der Waals surface area (Å²) >= 11 is 0. The van der Waals surface area contributed by atoms with Gasteiger partial charge >= 0.3 is 0 Å². The van der Waals surface area contributed by atoms with E-state index in [0.717, 1.165) is 6.54 Å². The second-order valence-electron chi connectivity index (χ2n) is 6.96. The molecule has 1 aliphatic heterocycles. The van der Waals surface area contributed by atoms with Gasteiger partial charge in [0.1, 0.15) is 5.60 Å². The number of nitrogens with zero attached hydrogens (tertiary/aromatic N) is 1. The van der Waals surface area contributed by atoms with E-state index in [9.17, 15) is 4.79 Å². The Kier molecular flexibility index (Phi) is 4.16. The largest absolute Gasteiger partial charge is 0.371 e. The summed E-state index contributed by atoms with van der Waals surface area (Å²) in [6, 6.07) is 8.33. The molecule has 0 saturated carbocycles. The second-order valence-corrected chi connectivity index (χ2v) is 6.96. The topological polar surface area (TPSA) is 29.5 Å². The monoisotopic (exact) mass is 289 g/mol. The van der Waals surface area contributed by atoms with Crippen LogP contribution < -0.4 is 4.90 Å². The lowest BCUT2D eigenvalue weighted by molar-refractivity contribution is -0.132. The Morgan fingerprint density at radius 2 is 1.81 bits per heavy atom. The number of anilines is 1. The van der Waals surface area contributed by atoms with E-state index in [0.29, 0.717) is 6.54 Å². The molecular formula is C18H27NO2. The van der Waals surface area contributed by atoms with Gasteiger partial charge in [-0.3, -0.25) is 4.79 Å². The van der Waals surface area contributed by atoms with Gasteiger partial charge in [0, 0.05) is 18.8 Å². The molecule has 0 amide bonds. The molecule has 1 aromatic rings. The van der Waals surface area contributed by atoms with E-state index in [-0.39, 0.29) is 11.7 Å². The first kappa shape index (κ1) is 16.0. The van der Waals surface area contributed by atoms with Crippen LogP contribution in [0.5, 0.6) is 0 Å². The molecule has 1 unspecified atom stereocenters. The van der Waals surface area contributed by atoms with Crippen LogP contribution in [0.15, 0.2) is 24.3 Å². The Balaban J connectivity index is 2.27. The molecule has 2 rings (SSSR count). The summed E-state index contributed by atoms with van der Waals surface area (Å²) in [6.07, 6.45) is 0. The lowest BCUT2D eigenvalue weighted by Gasteiger charge is -2.32. The van der Waals surface area contributed by atoms with Crippen molar-refractivity contribution in [1.29, 1.82) is 0 Å². The molecule has 21 heavy (non-hydrogen) atoms. The van der Waals surface area contributed by atoms with E-state index < -0.39 is 11.2 Å². The van der Waals surface area contributed by atoms with E-state index in [1.54, 1.807) is 0 Å². The summed E-state index contributed by atoms with van der Waals surface area (Å²) in [4.78, 5) is 14.9. The fourth-order valence-corrected chi connectivity index (χ4v) is 3.35. The maximum atomic E-state index is 12.7. The van der Waals surface area contributed by atoms with Crippen molar-refractivity contribution in [3.8, 4) is 0 Å². The molecule has 1 atom stereocenters. The SMILES string of the molecule is CCN(CC1C(=O)C(C)(C)OC1(C)C)c1ccccc1C. The summed E-state index contributed by atoms with van der Waals surface area (Å²) in [6.45, 7) is 13.6. The maximum Gasteiger partial charge on any atom is 0.171 e. The van der Waals surface area contributed by atoms with E-state index >= 15 is 0 Å². The van der Waals surface area contributed by atoms with E-state index in [2.05, 4.69) is 30.9 Å². The first-order chi connectivity index (χ1) is 9.69. The number of para-hydroxylation sites is 1. The zero-order valence-corrected chi connectivity index (χ0v) is 14.1. The fraction of sp³-hybridized carbons (Fsp3) is 0.611. The summed E-state index contributed by atoms with van der Waals surface area (Å²) in [5.74, 6) is 0.103. The molecule has 1 aromatic carbocycles. The first-order valence-electron chi connectivity index (χ1n) is 7.74. The van der Waals surface area contributed by atoms with Crippen LogP contribution in [-0.2, 0) is 9.53 Å². The molecule has 3 nitrogen and oxygen atoms in total. The molecule has 0 bridgehead atoms. The minimum Gasteiger partial charge on any atom is -0.371 e. The quantitative estimate of drug-likeness (QED) is 0.848. The normalized spacial score (nSPS) is 23.3. The maximum absolute atomic E-state index is 12.7. The predicted molar refractivity (Wildman–Crippen MR) is 86.8 cm³/mol. The zero-order chi connectivity index (χ0) is 15.8. The van der Waals surface area contributed by atoms with E-state index in [1.165, 1.54) is 11.3 Å². The molecule has 3 heteroatoms. The summed E-state index contributed by atoms with van der Waals surface area (Å²) in [7, 11) is 0. The summed E-state index contributed by atoms with van der Waals surface area (Å²) in [5.41, 5.74) is 1.34. The number of benzene rings is 1. The number of aryl methyl sites for hydroxylation is 1. The van der Waals surface area contributed by atoms with Gasteiger partial charge in [-0.25, -0.2) is 0 Å². The van der Waals surface area contributed by atoms with Crippen molar-refractivity contribution in [2.45, 2.75) is 52.7 Å². The molecule has 1 fully saturated rings. The number of hydrogen-bond donors (Lipinski definition) is 0. The third-order valence-corrected chi connectivity index (χ3v) is 4.51. The van der Waals surface area contributed by atoms with Gasteiger partial charge < -0.3 is 9.64 Å². The molecule has 0 aromatic heterocycles. The van der Waals surface area contributed by atoms with Crippen molar-refractivity contribution in [1.82, 2.24) is 0 Å². The Labute approximate surface area is 128 Å². The molecular weight excluding hydrogens is 262 g/mol. The Hall–Kier alpha value is -1.35. The fourth-order valence-electron chi connectivity index (χ4n) is 3.35. The highest BCUT2D eigenvalue weighted by Gasteiger charge is 2.53. The summed E-state index contributed by atoms with van der Waals surface area (Å²) < 4.78 is 6.00. The average Bonchev–Trinajstić information content (AvgIpc) is 2.54. The molecule has 1 heterocycles. The number of rotatable bonds is 4. The molecule has 0 spiro atoms. The molecule has 1 aliphatic rings. The number of carbonyl (C=O) groups is 1. The van der Waals surface area contributed by atoms with Crippen LogP contribution in [0.4, 0.5) is 5.69 Å². The van der Waals surface area contributed by atoms with Gasteiger partial charge in [0.2, 0.25) is 0 Å². The van der Waals surface area contributed by atoms with Crippen LogP contribution in [-0.4, -0.2) is 30.1 Å². The smallest absolute Gasteiger partial charge is 0.171 e. The highest BCUT2D eigenvalue weighted by molar-refractivity contribution is 5.92. The number of ether oxygens (including phenoxy) is 1. The lowest BCUT2D eigenvalue weighted by atomic mass is 9.85. The van der Waals surface area contributed by atoms with Crippen LogP contribution in [0.25, 0.3) is 0 Å². The lowest BCUT2D eigenvalue weighted by Crippen LogP contribution is -2.41. The van der Waals surface area contributed by atoms with Crippen molar-refractivity contribution in [2.24, 2.45) is 5.92 Å². The molecule has 1 saturated heterocycles. The zero-order valence-electron chi connectivity index (χ0n) is 14.1. The van der Waals surface area contributed by atoms with Crippen molar-refractivity contribution >= 4 is 11.5 Å². The third kappa shape index (κ3) is 2.98. The van der Waals surface area contributed by atoms with Gasteiger partial charge in [0.25, 0.3) is 0 Å². The van der Waals surface area contributed by atoms with Gasteiger partial charge in [0.15, 0.2) is 5.78 Å². The summed E-state index contributed by atoms with van der Waals surface area (Å²) in [5, 5.41) is 0. The Morgan fingerprint density at radius 3 is 2.29 bits per heavy atom. The number of Topliss-reactive ketones (excluding diaryl/α,β-unsaturated/α-hetero) is 1. The van der Waals surface area contributed by atoms with Gasteiger partial charge in [-0.2, -0.15) is 0 Å². The minimum atomic E-state index is -0.681. The number of carbonyl (C=O) groups excluding carboxylic acids is 1. The van der Waals surface area contributed by atoms with Crippen molar-refractivity contribution in [3.63, 3.8) is 0 Å². The average molecular weight is 289 g/mol. The van der Waals surface area contributed by atoms with Gasteiger partial charge in [-0.15, -0.1) is 0 Å². The predicted octanol–water partition coefficient (Wildman–Crippen LogP) is 3.59. The molecule has 116 valence electrons. The van der Waals surface area contributed by atoms with Crippen LogP contribution in [0.2, 0.25) is 0 Å². The minimum absolute atomic E-state index is 0.105. The van der Waals surface area contributed by atoms with Crippen LogP contribution >= 0.6 is 0 Å². The number of hydrogen-bond acceptors (Lipinski definition) is 3. The first-order valence-corrected chi connectivity index (χ1v) is 7.74. The highest BCUT2D eigenvalue weighted by atomic mass is 16.5. The molecule has 0 N–H and O–H groups in total. The van der Waals surface area contributed by atoms with Crippen molar-refractivity contribution in [3.05, 3.63) is 29.8 Å². The highest BCUT2D eigenvalue weighted by Crippen LogP contribution is 2.40. The van der Waals surface area contributed by atoms with Crippen molar-refractivity contribution < 1.29 is 9.53 Å². The number of ketones is 1. The van der Waals surface area contributed by atoms with Gasteiger partial charge in [-0.05, 0) is 53.2 Å². The van der Waals surface area contributed by atoms with Crippen LogP contribution in [0.1, 0.15) is 40.2 Å².